The summed E-state index contributed by atoms with van der Waals surface area (Å²) in [7, 11) is 0. The van der Waals surface area contributed by atoms with Gasteiger partial charge in [0.25, 0.3) is 0 Å². The van der Waals surface area contributed by atoms with Gasteiger partial charge in [0.05, 0.1) is 17.2 Å². The van der Waals surface area contributed by atoms with Gasteiger partial charge in [0, 0.05) is 25.1 Å². The molecule has 1 N–H and O–H groups in total. The van der Waals surface area contributed by atoms with Gasteiger partial charge in [0.2, 0.25) is 0 Å². The summed E-state index contributed by atoms with van der Waals surface area (Å²) in [6, 6.07) is 7.21. The van der Waals surface area contributed by atoms with Crippen molar-refractivity contribution < 1.29 is 9.47 Å². The lowest BCUT2D eigenvalue weighted by Gasteiger charge is -2.24. The molecule has 2 unspecified atom stereocenters. The SMILES string of the molecule is CCOCC(Oc1ccc(C#N)c(Cl)c1)C1CCNC1. The minimum Gasteiger partial charge on any atom is -0.488 e. The van der Waals surface area contributed by atoms with Crippen LogP contribution in [0.1, 0.15) is 18.9 Å². The molecule has 1 aromatic rings. The summed E-state index contributed by atoms with van der Waals surface area (Å²) in [6.45, 7) is 5.18. The summed E-state index contributed by atoms with van der Waals surface area (Å²) in [4.78, 5) is 0. The van der Waals surface area contributed by atoms with E-state index in [9.17, 15) is 0 Å². The minimum absolute atomic E-state index is 0.00829. The van der Waals surface area contributed by atoms with Crippen LogP contribution in [0.4, 0.5) is 0 Å². The highest BCUT2D eigenvalue weighted by Crippen LogP contribution is 2.25. The van der Waals surface area contributed by atoms with Gasteiger partial charge in [0.1, 0.15) is 17.9 Å². The molecular weight excluding hydrogens is 276 g/mol. The topological polar surface area (TPSA) is 54.3 Å². The van der Waals surface area contributed by atoms with Crippen LogP contribution < -0.4 is 10.1 Å². The number of hydrogen-bond acceptors (Lipinski definition) is 4. The van der Waals surface area contributed by atoms with Crippen molar-refractivity contribution in [3.8, 4) is 11.8 Å². The largest absolute Gasteiger partial charge is 0.488 e. The molecule has 0 amide bonds. The summed E-state index contributed by atoms with van der Waals surface area (Å²) >= 11 is 6.03. The van der Waals surface area contributed by atoms with Crippen LogP contribution in [0, 0.1) is 17.2 Å². The van der Waals surface area contributed by atoms with Gasteiger partial charge in [-0.25, -0.2) is 0 Å². The third kappa shape index (κ3) is 3.86. The summed E-state index contributed by atoms with van der Waals surface area (Å²) in [5, 5.41) is 12.6. The van der Waals surface area contributed by atoms with Crippen molar-refractivity contribution in [2.24, 2.45) is 5.92 Å². The Hall–Kier alpha value is -1.28. The molecule has 1 heterocycles. The number of rotatable bonds is 6. The van der Waals surface area contributed by atoms with Crippen LogP contribution in [0.2, 0.25) is 5.02 Å². The van der Waals surface area contributed by atoms with Crippen LogP contribution in [0.3, 0.4) is 0 Å². The third-order valence-corrected chi connectivity index (χ3v) is 3.77. The Kier molecular flexibility index (Phi) is 5.66. The Labute approximate surface area is 124 Å². The van der Waals surface area contributed by atoms with Gasteiger partial charge in [-0.15, -0.1) is 0 Å². The molecule has 0 aromatic heterocycles. The van der Waals surface area contributed by atoms with Gasteiger partial charge in [0.15, 0.2) is 0 Å². The molecule has 2 rings (SSSR count). The molecule has 1 fully saturated rings. The van der Waals surface area contributed by atoms with Crippen molar-refractivity contribution >= 4 is 11.6 Å². The fourth-order valence-electron chi connectivity index (χ4n) is 2.33. The minimum atomic E-state index is 0.00829. The molecule has 0 saturated carbocycles. The second-order valence-electron chi connectivity index (χ2n) is 4.82. The maximum Gasteiger partial charge on any atom is 0.126 e. The number of benzene rings is 1. The van der Waals surface area contributed by atoms with Crippen molar-refractivity contribution in [2.75, 3.05) is 26.3 Å². The van der Waals surface area contributed by atoms with E-state index in [0.29, 0.717) is 35.5 Å². The Balaban J connectivity index is 2.06. The molecule has 5 heteroatoms. The number of nitriles is 1. The summed E-state index contributed by atoms with van der Waals surface area (Å²) in [6.07, 6.45) is 1.09. The maximum absolute atomic E-state index is 8.88. The van der Waals surface area contributed by atoms with Crippen molar-refractivity contribution in [3.05, 3.63) is 28.8 Å². The van der Waals surface area contributed by atoms with Gasteiger partial charge in [-0.3, -0.25) is 0 Å². The maximum atomic E-state index is 8.88. The van der Waals surface area contributed by atoms with E-state index >= 15 is 0 Å². The van der Waals surface area contributed by atoms with E-state index in [4.69, 9.17) is 26.3 Å². The molecule has 2 atom stereocenters. The highest BCUT2D eigenvalue weighted by molar-refractivity contribution is 6.31. The van der Waals surface area contributed by atoms with E-state index < -0.39 is 0 Å². The second-order valence-corrected chi connectivity index (χ2v) is 5.23. The van der Waals surface area contributed by atoms with Gasteiger partial charge >= 0.3 is 0 Å². The molecule has 20 heavy (non-hydrogen) atoms. The fraction of sp³-hybridized carbons (Fsp3) is 0.533. The molecule has 0 aliphatic carbocycles. The van der Waals surface area contributed by atoms with Gasteiger partial charge in [-0.05, 0) is 32.0 Å². The lowest BCUT2D eigenvalue weighted by Crippen LogP contribution is -2.33. The van der Waals surface area contributed by atoms with E-state index in [-0.39, 0.29) is 6.10 Å². The summed E-state index contributed by atoms with van der Waals surface area (Å²) in [5.74, 6) is 1.13. The number of nitrogens with one attached hydrogen (secondary N) is 1. The molecule has 1 saturated heterocycles. The first-order valence-electron chi connectivity index (χ1n) is 6.89. The normalized spacial score (nSPS) is 19.6. The zero-order valence-electron chi connectivity index (χ0n) is 11.6. The first-order valence-corrected chi connectivity index (χ1v) is 7.27. The summed E-state index contributed by atoms with van der Waals surface area (Å²) < 4.78 is 11.5. The molecule has 0 bridgehead atoms. The quantitative estimate of drug-likeness (QED) is 0.876. The standard InChI is InChI=1S/C15H19ClN2O2/c1-2-19-10-15(12-5-6-18-9-12)20-13-4-3-11(8-17)14(16)7-13/h3-4,7,12,15,18H,2,5-6,9-10H2,1H3. The van der Waals surface area contributed by atoms with Gasteiger partial charge in [-0.2, -0.15) is 5.26 Å². The molecule has 1 aliphatic heterocycles. The van der Waals surface area contributed by atoms with Crippen LogP contribution in [-0.2, 0) is 4.74 Å². The molecule has 108 valence electrons. The fourth-order valence-corrected chi connectivity index (χ4v) is 2.54. The molecule has 1 aromatic carbocycles. The van der Waals surface area contributed by atoms with E-state index in [1.165, 1.54) is 0 Å². The first kappa shape index (κ1) is 15.1. The van der Waals surface area contributed by atoms with Crippen LogP contribution in [0.15, 0.2) is 18.2 Å². The zero-order chi connectivity index (χ0) is 14.4. The average Bonchev–Trinajstić information content (AvgIpc) is 2.97. The van der Waals surface area contributed by atoms with E-state index in [1.807, 2.05) is 13.0 Å². The lowest BCUT2D eigenvalue weighted by molar-refractivity contribution is 0.0291. The zero-order valence-corrected chi connectivity index (χ0v) is 12.3. The Morgan fingerprint density at radius 2 is 2.40 bits per heavy atom. The predicted octanol–water partition coefficient (Wildman–Crippen LogP) is 2.61. The van der Waals surface area contributed by atoms with Crippen LogP contribution in [0.25, 0.3) is 0 Å². The van der Waals surface area contributed by atoms with Crippen molar-refractivity contribution in [1.82, 2.24) is 5.32 Å². The Bertz CT molecular complexity index is 481. The molecule has 0 radical (unpaired) electrons. The van der Waals surface area contributed by atoms with E-state index in [1.54, 1.807) is 18.2 Å². The first-order chi connectivity index (χ1) is 9.74. The van der Waals surface area contributed by atoms with Gasteiger partial charge < -0.3 is 14.8 Å². The highest BCUT2D eigenvalue weighted by atomic mass is 35.5. The molecule has 0 spiro atoms. The smallest absolute Gasteiger partial charge is 0.126 e. The molecule has 1 aliphatic rings. The number of ether oxygens (including phenoxy) is 2. The van der Waals surface area contributed by atoms with Crippen molar-refractivity contribution in [3.63, 3.8) is 0 Å². The van der Waals surface area contributed by atoms with E-state index in [2.05, 4.69) is 5.32 Å². The van der Waals surface area contributed by atoms with Crippen molar-refractivity contribution in [1.29, 1.82) is 5.26 Å². The molecule has 4 nitrogen and oxygen atoms in total. The van der Waals surface area contributed by atoms with Crippen LogP contribution >= 0.6 is 11.6 Å². The van der Waals surface area contributed by atoms with Crippen LogP contribution in [0.5, 0.6) is 5.75 Å². The second kappa shape index (κ2) is 7.49. The van der Waals surface area contributed by atoms with Crippen LogP contribution in [-0.4, -0.2) is 32.4 Å². The summed E-state index contributed by atoms with van der Waals surface area (Å²) in [5.41, 5.74) is 0.461. The van der Waals surface area contributed by atoms with E-state index in [0.717, 1.165) is 19.5 Å². The predicted molar refractivity (Wildman–Crippen MR) is 78.1 cm³/mol. The third-order valence-electron chi connectivity index (χ3n) is 3.46. The number of nitrogens with zero attached hydrogens (tertiary/aromatic N) is 1. The Morgan fingerprint density at radius 3 is 3.00 bits per heavy atom. The Morgan fingerprint density at radius 1 is 1.55 bits per heavy atom. The average molecular weight is 295 g/mol. The number of halogens is 1. The lowest BCUT2D eigenvalue weighted by atomic mass is 10.0. The van der Waals surface area contributed by atoms with Gasteiger partial charge in [-0.1, -0.05) is 11.6 Å². The monoisotopic (exact) mass is 294 g/mol. The molecular formula is C15H19ClN2O2. The number of hydrogen-bond donors (Lipinski definition) is 1. The van der Waals surface area contributed by atoms with Crippen molar-refractivity contribution in [2.45, 2.75) is 19.4 Å². The highest BCUT2D eigenvalue weighted by Gasteiger charge is 2.26.